The number of furan rings is 1. The first kappa shape index (κ1) is 11.8. The number of methoxy groups -OCH3 is 1. The quantitative estimate of drug-likeness (QED) is 0.766. The van der Waals surface area contributed by atoms with Crippen molar-refractivity contribution in [2.45, 2.75) is 26.2 Å². The Balaban J connectivity index is 2.82. The number of carbonyl (C=O) groups excluding carboxylic acids is 1. The summed E-state index contributed by atoms with van der Waals surface area (Å²) in [7, 11) is 1.38. The van der Waals surface area contributed by atoms with Gasteiger partial charge in [0.2, 0.25) is 0 Å². The Labute approximate surface area is 89.4 Å². The van der Waals surface area contributed by atoms with Crippen LogP contribution in [0.3, 0.4) is 0 Å². The second kappa shape index (κ2) is 4.98. The first-order valence-corrected chi connectivity index (χ1v) is 4.92. The average molecular weight is 211 g/mol. The van der Waals surface area contributed by atoms with Crippen LogP contribution in [-0.4, -0.2) is 19.6 Å². The molecule has 0 aliphatic rings. The number of esters is 1. The topological polar surface area (TPSA) is 65.5 Å². The molecular formula is C11H17NO3. The standard InChI is InChI=1S/C11H17NO3/c1-7-4-10(8(2)15-7)9(6-12)5-11(13)14-3/h4,9H,5-6,12H2,1-3H3. The molecule has 0 aromatic carbocycles. The summed E-state index contributed by atoms with van der Waals surface area (Å²) in [5.41, 5.74) is 6.64. The molecule has 0 spiro atoms. The van der Waals surface area contributed by atoms with Crippen LogP contribution in [0.4, 0.5) is 0 Å². The lowest BCUT2D eigenvalue weighted by atomic mass is 9.96. The van der Waals surface area contributed by atoms with E-state index in [1.54, 1.807) is 0 Å². The second-order valence-electron chi connectivity index (χ2n) is 3.58. The van der Waals surface area contributed by atoms with Crippen molar-refractivity contribution in [2.75, 3.05) is 13.7 Å². The van der Waals surface area contributed by atoms with E-state index >= 15 is 0 Å². The highest BCUT2D eigenvalue weighted by molar-refractivity contribution is 5.70. The van der Waals surface area contributed by atoms with Gasteiger partial charge in [0.05, 0.1) is 13.5 Å². The summed E-state index contributed by atoms with van der Waals surface area (Å²) in [6.07, 6.45) is 0.298. The predicted molar refractivity (Wildman–Crippen MR) is 56.6 cm³/mol. The van der Waals surface area contributed by atoms with Crippen LogP contribution in [0.2, 0.25) is 0 Å². The number of nitrogens with two attached hydrogens (primary N) is 1. The molecule has 15 heavy (non-hydrogen) atoms. The van der Waals surface area contributed by atoms with Crippen LogP contribution in [0.1, 0.15) is 29.4 Å². The normalized spacial score (nSPS) is 12.5. The molecule has 0 bridgehead atoms. The van der Waals surface area contributed by atoms with Crippen LogP contribution in [0.5, 0.6) is 0 Å². The highest BCUT2D eigenvalue weighted by Crippen LogP contribution is 2.25. The Morgan fingerprint density at radius 3 is 2.67 bits per heavy atom. The first-order chi connectivity index (χ1) is 7.08. The summed E-state index contributed by atoms with van der Waals surface area (Å²) < 4.78 is 10.0. The number of aryl methyl sites for hydroxylation is 2. The van der Waals surface area contributed by atoms with Gasteiger partial charge in [-0.1, -0.05) is 0 Å². The number of rotatable bonds is 4. The van der Waals surface area contributed by atoms with E-state index in [9.17, 15) is 4.79 Å². The van der Waals surface area contributed by atoms with Gasteiger partial charge in [0.15, 0.2) is 0 Å². The van der Waals surface area contributed by atoms with Gasteiger partial charge in [0.25, 0.3) is 0 Å². The third-order valence-corrected chi connectivity index (χ3v) is 2.44. The fourth-order valence-corrected chi connectivity index (χ4v) is 1.66. The maximum absolute atomic E-state index is 11.2. The zero-order valence-electron chi connectivity index (χ0n) is 9.37. The molecule has 1 atom stereocenters. The summed E-state index contributed by atoms with van der Waals surface area (Å²) in [6, 6.07) is 1.93. The third-order valence-electron chi connectivity index (χ3n) is 2.44. The molecule has 1 rings (SSSR count). The highest BCUT2D eigenvalue weighted by atomic mass is 16.5. The fourth-order valence-electron chi connectivity index (χ4n) is 1.66. The first-order valence-electron chi connectivity index (χ1n) is 4.92. The van der Waals surface area contributed by atoms with Crippen LogP contribution in [-0.2, 0) is 9.53 Å². The van der Waals surface area contributed by atoms with Crippen molar-refractivity contribution in [2.24, 2.45) is 5.73 Å². The molecule has 0 saturated heterocycles. The van der Waals surface area contributed by atoms with E-state index < -0.39 is 0 Å². The van der Waals surface area contributed by atoms with Crippen molar-refractivity contribution in [3.8, 4) is 0 Å². The predicted octanol–water partition coefficient (Wildman–Crippen LogP) is 1.50. The van der Waals surface area contributed by atoms with Crippen molar-refractivity contribution in [3.05, 3.63) is 23.2 Å². The number of hydrogen-bond acceptors (Lipinski definition) is 4. The molecule has 0 amide bonds. The number of hydrogen-bond donors (Lipinski definition) is 1. The van der Waals surface area contributed by atoms with Crippen LogP contribution in [0.15, 0.2) is 10.5 Å². The Bertz CT molecular complexity index is 344. The maximum atomic E-state index is 11.2. The molecule has 84 valence electrons. The molecule has 0 saturated carbocycles. The van der Waals surface area contributed by atoms with Crippen molar-refractivity contribution >= 4 is 5.97 Å². The molecular weight excluding hydrogens is 194 g/mol. The number of ether oxygens (including phenoxy) is 1. The van der Waals surface area contributed by atoms with Crippen molar-refractivity contribution in [1.82, 2.24) is 0 Å². The van der Waals surface area contributed by atoms with Crippen LogP contribution >= 0.6 is 0 Å². The minimum Gasteiger partial charge on any atom is -0.469 e. The van der Waals surface area contributed by atoms with E-state index in [0.29, 0.717) is 13.0 Å². The smallest absolute Gasteiger partial charge is 0.306 e. The fraction of sp³-hybridized carbons (Fsp3) is 0.545. The molecule has 0 aliphatic carbocycles. The van der Waals surface area contributed by atoms with Gasteiger partial charge < -0.3 is 14.9 Å². The molecule has 0 fully saturated rings. The molecule has 1 aromatic rings. The van der Waals surface area contributed by atoms with E-state index in [-0.39, 0.29) is 11.9 Å². The summed E-state index contributed by atoms with van der Waals surface area (Å²) in [5, 5.41) is 0. The van der Waals surface area contributed by atoms with E-state index in [4.69, 9.17) is 10.2 Å². The molecule has 1 unspecified atom stereocenters. The summed E-state index contributed by atoms with van der Waals surface area (Å²) in [5.74, 6) is 1.40. The zero-order valence-corrected chi connectivity index (χ0v) is 9.37. The van der Waals surface area contributed by atoms with Gasteiger partial charge in [0, 0.05) is 5.92 Å². The Kier molecular flexibility index (Phi) is 3.91. The maximum Gasteiger partial charge on any atom is 0.306 e. The lowest BCUT2D eigenvalue weighted by Gasteiger charge is -2.11. The largest absolute Gasteiger partial charge is 0.469 e. The van der Waals surface area contributed by atoms with E-state index in [0.717, 1.165) is 17.1 Å². The zero-order chi connectivity index (χ0) is 11.4. The molecule has 4 heteroatoms. The van der Waals surface area contributed by atoms with Crippen LogP contribution < -0.4 is 5.73 Å². The van der Waals surface area contributed by atoms with Gasteiger partial charge in [-0.25, -0.2) is 0 Å². The summed E-state index contributed by atoms with van der Waals surface area (Å²) >= 11 is 0. The van der Waals surface area contributed by atoms with Crippen LogP contribution in [0, 0.1) is 13.8 Å². The van der Waals surface area contributed by atoms with E-state index in [1.807, 2.05) is 19.9 Å². The lowest BCUT2D eigenvalue weighted by molar-refractivity contribution is -0.141. The van der Waals surface area contributed by atoms with Crippen molar-refractivity contribution < 1.29 is 13.9 Å². The van der Waals surface area contributed by atoms with Gasteiger partial charge >= 0.3 is 5.97 Å². The molecule has 0 aliphatic heterocycles. The molecule has 4 nitrogen and oxygen atoms in total. The third kappa shape index (κ3) is 2.83. The van der Waals surface area contributed by atoms with E-state index in [1.165, 1.54) is 7.11 Å². The van der Waals surface area contributed by atoms with Gasteiger partial charge in [0.1, 0.15) is 11.5 Å². The van der Waals surface area contributed by atoms with E-state index in [2.05, 4.69) is 4.74 Å². The molecule has 2 N–H and O–H groups in total. The van der Waals surface area contributed by atoms with Crippen molar-refractivity contribution in [3.63, 3.8) is 0 Å². The molecule has 0 radical (unpaired) electrons. The van der Waals surface area contributed by atoms with Gasteiger partial charge in [-0.2, -0.15) is 0 Å². The minimum absolute atomic E-state index is 0.0186. The Morgan fingerprint density at radius 1 is 1.60 bits per heavy atom. The SMILES string of the molecule is COC(=O)CC(CN)c1cc(C)oc1C. The van der Waals surface area contributed by atoms with Gasteiger partial charge in [-0.05, 0) is 32.0 Å². The van der Waals surface area contributed by atoms with Crippen molar-refractivity contribution in [1.29, 1.82) is 0 Å². The minimum atomic E-state index is -0.247. The average Bonchev–Trinajstić information content (AvgIpc) is 2.54. The highest BCUT2D eigenvalue weighted by Gasteiger charge is 2.19. The Hall–Kier alpha value is -1.29. The summed E-state index contributed by atoms with van der Waals surface area (Å²) in [6.45, 7) is 4.17. The lowest BCUT2D eigenvalue weighted by Crippen LogP contribution is -2.17. The van der Waals surface area contributed by atoms with Gasteiger partial charge in [-0.15, -0.1) is 0 Å². The second-order valence-corrected chi connectivity index (χ2v) is 3.58. The Morgan fingerprint density at radius 2 is 2.27 bits per heavy atom. The van der Waals surface area contributed by atoms with Gasteiger partial charge in [-0.3, -0.25) is 4.79 Å². The monoisotopic (exact) mass is 211 g/mol. The van der Waals surface area contributed by atoms with Crippen LogP contribution in [0.25, 0.3) is 0 Å². The summed E-state index contributed by atoms with van der Waals surface area (Å²) in [4.78, 5) is 11.2. The molecule has 1 aromatic heterocycles. The number of carbonyl (C=O) groups is 1. The molecule has 1 heterocycles.